The molecule has 18 heavy (non-hydrogen) atoms. The van der Waals surface area contributed by atoms with Crippen LogP contribution >= 0.6 is 0 Å². The van der Waals surface area contributed by atoms with Crippen molar-refractivity contribution in [3.63, 3.8) is 0 Å². The second-order valence-electron chi connectivity index (χ2n) is 4.81. The lowest BCUT2D eigenvalue weighted by molar-refractivity contribution is -0.128. The summed E-state index contributed by atoms with van der Waals surface area (Å²) in [4.78, 5) is 20.2. The van der Waals surface area contributed by atoms with Crippen LogP contribution in [0.3, 0.4) is 0 Å². The van der Waals surface area contributed by atoms with Gasteiger partial charge < -0.3 is 15.5 Å². The molecule has 0 atom stereocenters. The fraction of sp³-hybridized carbons (Fsp3) is 0.538. The van der Waals surface area contributed by atoms with Crippen molar-refractivity contribution in [2.24, 2.45) is 0 Å². The zero-order valence-electron chi connectivity index (χ0n) is 11.0. The first-order valence-corrected chi connectivity index (χ1v) is 6.30. The number of aromatic nitrogens is 1. The SMILES string of the molecule is Cc1ccc(N)c(N(C)CC(=O)N2CCCC2)n1. The zero-order valence-corrected chi connectivity index (χ0v) is 11.0. The summed E-state index contributed by atoms with van der Waals surface area (Å²) in [6.45, 7) is 4.01. The molecule has 1 fully saturated rings. The number of rotatable bonds is 3. The van der Waals surface area contributed by atoms with Crippen molar-refractivity contribution in [3.05, 3.63) is 17.8 Å². The number of hydrogen-bond donors (Lipinski definition) is 1. The van der Waals surface area contributed by atoms with Gasteiger partial charge in [-0.3, -0.25) is 4.79 Å². The number of pyridine rings is 1. The van der Waals surface area contributed by atoms with Crippen LogP contribution in [0.15, 0.2) is 12.1 Å². The van der Waals surface area contributed by atoms with Gasteiger partial charge in [-0.1, -0.05) is 0 Å². The first kappa shape index (κ1) is 12.7. The first-order chi connectivity index (χ1) is 8.58. The minimum Gasteiger partial charge on any atom is -0.396 e. The third kappa shape index (κ3) is 2.72. The maximum absolute atomic E-state index is 12.0. The van der Waals surface area contributed by atoms with Gasteiger partial charge in [-0.2, -0.15) is 0 Å². The molecule has 5 heteroatoms. The average Bonchev–Trinajstić information content (AvgIpc) is 2.85. The fourth-order valence-electron chi connectivity index (χ4n) is 2.20. The molecule has 0 bridgehead atoms. The number of nitrogens with two attached hydrogens (primary N) is 1. The van der Waals surface area contributed by atoms with Gasteiger partial charge >= 0.3 is 0 Å². The summed E-state index contributed by atoms with van der Waals surface area (Å²) < 4.78 is 0. The van der Waals surface area contributed by atoms with Gasteiger partial charge in [0.1, 0.15) is 0 Å². The van der Waals surface area contributed by atoms with Gasteiger partial charge in [0.15, 0.2) is 5.82 Å². The molecule has 0 unspecified atom stereocenters. The number of nitrogen functional groups attached to an aromatic ring is 1. The van der Waals surface area contributed by atoms with Gasteiger partial charge in [-0.15, -0.1) is 0 Å². The third-order valence-corrected chi connectivity index (χ3v) is 3.24. The van der Waals surface area contributed by atoms with E-state index in [1.165, 1.54) is 0 Å². The number of anilines is 2. The molecule has 98 valence electrons. The second kappa shape index (κ2) is 5.25. The number of carbonyl (C=O) groups is 1. The summed E-state index contributed by atoms with van der Waals surface area (Å²) in [5.41, 5.74) is 7.40. The highest BCUT2D eigenvalue weighted by molar-refractivity contribution is 5.82. The smallest absolute Gasteiger partial charge is 0.242 e. The summed E-state index contributed by atoms with van der Waals surface area (Å²) in [7, 11) is 1.85. The molecule has 1 aromatic rings. The van der Waals surface area contributed by atoms with Crippen LogP contribution in [-0.2, 0) is 4.79 Å². The Kier molecular flexibility index (Phi) is 3.69. The van der Waals surface area contributed by atoms with Gasteiger partial charge in [0, 0.05) is 25.8 Å². The molecule has 1 aliphatic heterocycles. The monoisotopic (exact) mass is 248 g/mol. The topological polar surface area (TPSA) is 62.5 Å². The number of hydrogen-bond acceptors (Lipinski definition) is 4. The molecule has 2 rings (SSSR count). The van der Waals surface area contributed by atoms with E-state index in [0.717, 1.165) is 31.6 Å². The summed E-state index contributed by atoms with van der Waals surface area (Å²) in [6.07, 6.45) is 2.22. The van der Waals surface area contributed by atoms with E-state index in [9.17, 15) is 4.79 Å². The molecule has 0 aliphatic carbocycles. The third-order valence-electron chi connectivity index (χ3n) is 3.24. The van der Waals surface area contributed by atoms with Crippen molar-refractivity contribution in [1.82, 2.24) is 9.88 Å². The molecule has 0 aromatic carbocycles. The summed E-state index contributed by atoms with van der Waals surface area (Å²) in [5.74, 6) is 0.834. The number of likely N-dealkylation sites (N-methyl/N-ethyl adjacent to an activating group) is 1. The van der Waals surface area contributed by atoms with Gasteiger partial charge in [0.25, 0.3) is 0 Å². The Morgan fingerprint density at radius 3 is 2.78 bits per heavy atom. The normalized spacial score (nSPS) is 14.9. The standard InChI is InChI=1S/C13H20N4O/c1-10-5-6-11(14)13(15-10)16(2)9-12(18)17-7-3-4-8-17/h5-6H,3-4,7-9,14H2,1-2H3. The number of likely N-dealkylation sites (tertiary alicyclic amines) is 1. The number of nitrogens with zero attached hydrogens (tertiary/aromatic N) is 3. The van der Waals surface area contributed by atoms with E-state index < -0.39 is 0 Å². The van der Waals surface area contributed by atoms with E-state index in [4.69, 9.17) is 5.73 Å². The molecule has 1 aromatic heterocycles. The quantitative estimate of drug-likeness (QED) is 0.868. The van der Waals surface area contributed by atoms with Crippen molar-refractivity contribution in [2.75, 3.05) is 37.3 Å². The summed E-state index contributed by atoms with van der Waals surface area (Å²) >= 11 is 0. The molecule has 2 heterocycles. The Labute approximate surface area is 108 Å². The Bertz CT molecular complexity index is 441. The van der Waals surface area contributed by atoms with E-state index in [1.807, 2.05) is 35.9 Å². The first-order valence-electron chi connectivity index (χ1n) is 6.30. The van der Waals surface area contributed by atoms with E-state index in [1.54, 1.807) is 0 Å². The van der Waals surface area contributed by atoms with E-state index in [0.29, 0.717) is 18.1 Å². The largest absolute Gasteiger partial charge is 0.396 e. The molecule has 1 saturated heterocycles. The average molecular weight is 248 g/mol. The van der Waals surface area contributed by atoms with Crippen LogP contribution < -0.4 is 10.6 Å². The summed E-state index contributed by atoms with van der Waals surface area (Å²) in [5, 5.41) is 0. The Balaban J connectivity index is 2.04. The predicted octanol–water partition coefficient (Wildman–Crippen LogP) is 1.03. The maximum Gasteiger partial charge on any atom is 0.242 e. The highest BCUT2D eigenvalue weighted by atomic mass is 16.2. The van der Waals surface area contributed by atoms with Crippen molar-refractivity contribution in [1.29, 1.82) is 0 Å². The van der Waals surface area contributed by atoms with Crippen LogP contribution in [0.2, 0.25) is 0 Å². The second-order valence-corrected chi connectivity index (χ2v) is 4.81. The van der Waals surface area contributed by atoms with Crippen LogP contribution in [0.4, 0.5) is 11.5 Å². The minimum absolute atomic E-state index is 0.151. The lowest BCUT2D eigenvalue weighted by Gasteiger charge is -2.23. The highest BCUT2D eigenvalue weighted by Crippen LogP contribution is 2.19. The molecule has 5 nitrogen and oxygen atoms in total. The minimum atomic E-state index is 0.151. The highest BCUT2D eigenvalue weighted by Gasteiger charge is 2.20. The van der Waals surface area contributed by atoms with Crippen molar-refractivity contribution in [3.8, 4) is 0 Å². The Morgan fingerprint density at radius 1 is 1.44 bits per heavy atom. The van der Waals surface area contributed by atoms with Crippen LogP contribution in [0, 0.1) is 6.92 Å². The van der Waals surface area contributed by atoms with Crippen LogP contribution in [0.5, 0.6) is 0 Å². The van der Waals surface area contributed by atoms with Crippen LogP contribution in [-0.4, -0.2) is 42.5 Å². The maximum atomic E-state index is 12.0. The molecular formula is C13H20N4O. The molecule has 1 amide bonds. The molecule has 1 aliphatic rings. The molecule has 0 spiro atoms. The zero-order chi connectivity index (χ0) is 13.1. The molecule has 2 N–H and O–H groups in total. The fourth-order valence-corrected chi connectivity index (χ4v) is 2.20. The lowest BCUT2D eigenvalue weighted by Crippen LogP contribution is -2.37. The predicted molar refractivity (Wildman–Crippen MR) is 72.5 cm³/mol. The van der Waals surface area contributed by atoms with Crippen molar-refractivity contribution >= 4 is 17.4 Å². The van der Waals surface area contributed by atoms with Gasteiger partial charge in [0.2, 0.25) is 5.91 Å². The number of amides is 1. The van der Waals surface area contributed by atoms with Crippen molar-refractivity contribution < 1.29 is 4.79 Å². The van der Waals surface area contributed by atoms with Crippen LogP contribution in [0.1, 0.15) is 18.5 Å². The number of aryl methyl sites for hydroxylation is 1. The number of carbonyl (C=O) groups excluding carboxylic acids is 1. The lowest BCUT2D eigenvalue weighted by atomic mass is 10.3. The summed E-state index contributed by atoms with van der Waals surface area (Å²) in [6, 6.07) is 3.70. The Hall–Kier alpha value is -1.78. The van der Waals surface area contributed by atoms with Gasteiger partial charge in [-0.25, -0.2) is 4.98 Å². The molecule has 0 saturated carbocycles. The molecule has 0 radical (unpaired) electrons. The van der Waals surface area contributed by atoms with Crippen molar-refractivity contribution in [2.45, 2.75) is 19.8 Å². The van der Waals surface area contributed by atoms with E-state index in [2.05, 4.69) is 4.98 Å². The molecular weight excluding hydrogens is 228 g/mol. The van der Waals surface area contributed by atoms with E-state index >= 15 is 0 Å². The van der Waals surface area contributed by atoms with Crippen LogP contribution in [0.25, 0.3) is 0 Å². The van der Waals surface area contributed by atoms with E-state index in [-0.39, 0.29) is 5.91 Å². The Morgan fingerprint density at radius 2 is 2.11 bits per heavy atom. The van der Waals surface area contributed by atoms with Gasteiger partial charge in [0.05, 0.1) is 12.2 Å². The van der Waals surface area contributed by atoms with Gasteiger partial charge in [-0.05, 0) is 31.9 Å².